The Bertz CT molecular complexity index is 144. The van der Waals surface area contributed by atoms with E-state index < -0.39 is 5.97 Å². The molecule has 0 saturated heterocycles. The molecular formula is C3H9CaN3O2S. The largest absolute Gasteiger partial charge is 2.00 e. The Morgan fingerprint density at radius 3 is 2.50 bits per heavy atom. The van der Waals surface area contributed by atoms with Crippen LogP contribution in [-0.4, -0.2) is 56.2 Å². The fraction of sp³-hybridized carbons (Fsp3) is 0.333. The molecule has 0 spiro atoms. The quantitative estimate of drug-likeness (QED) is 0.163. The molecule has 0 aromatic carbocycles. The Balaban J connectivity index is -0.000000107. The van der Waals surface area contributed by atoms with Crippen LogP contribution in [0.4, 0.5) is 0 Å². The average Bonchev–Trinajstić information content (AvgIpc) is 1.83. The first-order valence-electron chi connectivity index (χ1n) is 2.06. The van der Waals surface area contributed by atoms with Gasteiger partial charge in [0.2, 0.25) is 0 Å². The summed E-state index contributed by atoms with van der Waals surface area (Å²) in [6.45, 7) is -0.189. The van der Waals surface area contributed by atoms with Crippen LogP contribution in [0.15, 0.2) is 4.99 Å². The molecule has 0 fully saturated rings. The van der Waals surface area contributed by atoms with Crippen molar-refractivity contribution < 1.29 is 11.8 Å². The normalized spacial score (nSPS) is 7.30. The topological polar surface area (TPSA) is 90.7 Å². The molecule has 0 atom stereocenters. The average molecular weight is 191 g/mol. The fourth-order valence-electron chi connectivity index (χ4n) is 0.185. The minimum atomic E-state index is -0.591. The third kappa shape index (κ3) is 8.35. The number of guanidine groups is 1. The monoisotopic (exact) mass is 191 g/mol. The second-order valence-electron chi connectivity index (χ2n) is 1.20. The van der Waals surface area contributed by atoms with Crippen molar-refractivity contribution in [3.8, 4) is 0 Å². The van der Waals surface area contributed by atoms with Gasteiger partial charge >= 0.3 is 43.7 Å². The molecule has 0 amide bonds. The zero-order valence-electron chi connectivity index (χ0n) is 7.28. The van der Waals surface area contributed by atoms with E-state index in [1.54, 1.807) is 0 Å². The summed E-state index contributed by atoms with van der Waals surface area (Å²) in [6.07, 6.45) is 0. The second kappa shape index (κ2) is 7.46. The Labute approximate surface area is 96.8 Å². The van der Waals surface area contributed by atoms with Crippen molar-refractivity contribution >= 4 is 62.6 Å². The van der Waals surface area contributed by atoms with Gasteiger partial charge in [-0.1, -0.05) is 0 Å². The fourth-order valence-corrected chi connectivity index (χ4v) is 0.242. The molecule has 0 heterocycles. The van der Waals surface area contributed by atoms with Gasteiger partial charge in [0.15, 0.2) is 5.96 Å². The van der Waals surface area contributed by atoms with E-state index in [1.807, 2.05) is 0 Å². The van der Waals surface area contributed by atoms with Gasteiger partial charge in [0.1, 0.15) is 6.54 Å². The van der Waals surface area contributed by atoms with Gasteiger partial charge in [0.05, 0.1) is 0 Å². The minimum Gasteiger partial charge on any atom is -1.00 e. The van der Waals surface area contributed by atoms with Crippen LogP contribution in [0.5, 0.6) is 0 Å². The first-order chi connectivity index (χ1) is 4.16. The van der Waals surface area contributed by atoms with Gasteiger partial charge in [-0.2, -0.15) is 0 Å². The smallest absolute Gasteiger partial charge is 1.00 e. The van der Waals surface area contributed by atoms with E-state index in [0.29, 0.717) is 0 Å². The van der Waals surface area contributed by atoms with E-state index in [2.05, 4.69) is 22.1 Å². The van der Waals surface area contributed by atoms with E-state index in [0.717, 1.165) is 0 Å². The number of carbonyl (C=O) groups is 1. The molecule has 0 unspecified atom stereocenters. The van der Waals surface area contributed by atoms with Crippen LogP contribution in [0.1, 0.15) is 2.85 Å². The number of nitrogens with two attached hydrogens (primary N) is 2. The maximum Gasteiger partial charge on any atom is 2.00 e. The van der Waals surface area contributed by atoms with Crippen LogP contribution in [-0.2, 0) is 8.98 Å². The summed E-state index contributed by atoms with van der Waals surface area (Å²) in [4.78, 5) is 13.5. The van der Waals surface area contributed by atoms with Crippen molar-refractivity contribution in [3.63, 3.8) is 0 Å². The molecule has 0 aromatic heterocycles. The van der Waals surface area contributed by atoms with Gasteiger partial charge in [0.25, 0.3) is 0 Å². The standard InChI is InChI=1S/C3H7N3O2S.Ca.2H/c4-3(5)6-1-2(7)8-9;;;/h9H,1H2,(H4,4,5,6);;;/q;+2;2*-1. The number of hydrogen-bond acceptors (Lipinski definition) is 4. The van der Waals surface area contributed by atoms with E-state index in [1.165, 1.54) is 0 Å². The van der Waals surface area contributed by atoms with Crippen molar-refractivity contribution in [1.29, 1.82) is 0 Å². The number of thiol groups is 1. The molecule has 0 radical (unpaired) electrons. The third-order valence-electron chi connectivity index (χ3n) is 0.493. The van der Waals surface area contributed by atoms with E-state index in [-0.39, 0.29) is 53.1 Å². The number of rotatable bonds is 2. The maximum atomic E-state index is 10.2. The Morgan fingerprint density at radius 2 is 2.20 bits per heavy atom. The summed E-state index contributed by atoms with van der Waals surface area (Å²) in [6, 6.07) is 0. The summed E-state index contributed by atoms with van der Waals surface area (Å²) in [5.74, 6) is -0.736. The summed E-state index contributed by atoms with van der Waals surface area (Å²) in [5, 5.41) is 0. The predicted octanol–water partition coefficient (Wildman–Crippen LogP) is -1.51. The van der Waals surface area contributed by atoms with E-state index in [9.17, 15) is 4.79 Å². The Kier molecular flexibility index (Phi) is 9.68. The second-order valence-corrected chi connectivity index (χ2v) is 1.39. The van der Waals surface area contributed by atoms with Crippen LogP contribution in [0, 0.1) is 0 Å². The van der Waals surface area contributed by atoms with Gasteiger partial charge in [-0.05, 0) is 0 Å². The van der Waals surface area contributed by atoms with Crippen LogP contribution >= 0.6 is 12.9 Å². The molecule has 5 nitrogen and oxygen atoms in total. The van der Waals surface area contributed by atoms with Crippen molar-refractivity contribution in [2.45, 2.75) is 0 Å². The minimum absolute atomic E-state index is 0. The zero-order valence-corrected chi connectivity index (χ0v) is 8.38. The number of carbonyl (C=O) groups excluding carboxylic acids is 1. The first-order valence-corrected chi connectivity index (χ1v) is 2.43. The summed E-state index contributed by atoms with van der Waals surface area (Å²) >= 11 is 3.22. The summed E-state index contributed by atoms with van der Waals surface area (Å²) in [5.41, 5.74) is 9.78. The van der Waals surface area contributed by atoms with Crippen molar-refractivity contribution in [3.05, 3.63) is 0 Å². The molecule has 4 N–H and O–H groups in total. The molecule has 0 saturated carbocycles. The molecule has 0 aromatic rings. The van der Waals surface area contributed by atoms with E-state index in [4.69, 9.17) is 11.5 Å². The van der Waals surface area contributed by atoms with E-state index >= 15 is 0 Å². The van der Waals surface area contributed by atoms with Crippen molar-refractivity contribution in [2.75, 3.05) is 6.54 Å². The van der Waals surface area contributed by atoms with Crippen LogP contribution < -0.4 is 11.5 Å². The van der Waals surface area contributed by atoms with Gasteiger partial charge in [-0.25, -0.2) is 9.79 Å². The molecular weight excluding hydrogens is 182 g/mol. The van der Waals surface area contributed by atoms with Crippen LogP contribution in [0.2, 0.25) is 0 Å². The van der Waals surface area contributed by atoms with Crippen LogP contribution in [0.25, 0.3) is 0 Å². The first kappa shape index (κ1) is 13.0. The molecule has 56 valence electrons. The molecule has 7 heteroatoms. The van der Waals surface area contributed by atoms with Gasteiger partial charge in [-0.3, -0.25) is 0 Å². The molecule has 0 aliphatic heterocycles. The van der Waals surface area contributed by atoms with Gasteiger partial charge in [0, 0.05) is 12.9 Å². The third-order valence-corrected chi connectivity index (χ3v) is 0.696. The molecule has 0 rings (SSSR count). The summed E-state index contributed by atoms with van der Waals surface area (Å²) in [7, 11) is 0. The van der Waals surface area contributed by atoms with Crippen molar-refractivity contribution in [1.82, 2.24) is 0 Å². The maximum absolute atomic E-state index is 10.2. The van der Waals surface area contributed by atoms with Gasteiger partial charge in [-0.15, -0.1) is 0 Å². The Morgan fingerprint density at radius 1 is 1.70 bits per heavy atom. The zero-order chi connectivity index (χ0) is 7.28. The van der Waals surface area contributed by atoms with Gasteiger partial charge < -0.3 is 18.5 Å². The SMILES string of the molecule is NC(N)=NCC(=O)OS.[Ca+2].[H-].[H-]. The Hall–Kier alpha value is 0.350. The molecule has 10 heavy (non-hydrogen) atoms. The number of hydrogen-bond donors (Lipinski definition) is 3. The number of nitrogens with zero attached hydrogens (tertiary/aromatic N) is 1. The van der Waals surface area contributed by atoms with Crippen molar-refractivity contribution in [2.24, 2.45) is 16.5 Å². The summed E-state index contributed by atoms with van der Waals surface area (Å²) < 4.78 is 3.94. The van der Waals surface area contributed by atoms with Crippen LogP contribution in [0.3, 0.4) is 0 Å². The molecule has 0 bridgehead atoms. The predicted molar refractivity (Wildman–Crippen MR) is 43.7 cm³/mol. The molecule has 0 aliphatic carbocycles. The number of aliphatic imine (C=N–C) groups is 1. The molecule has 0 aliphatic rings.